The molecule has 1 heterocycles. The van der Waals surface area contributed by atoms with E-state index in [4.69, 9.17) is 0 Å². The quantitative estimate of drug-likeness (QED) is 0.691. The van der Waals surface area contributed by atoms with Crippen molar-refractivity contribution < 1.29 is 14.4 Å². The van der Waals surface area contributed by atoms with Gasteiger partial charge in [-0.05, 0) is 72.6 Å². The summed E-state index contributed by atoms with van der Waals surface area (Å²) in [5.74, 6) is -0.869. The number of nitrogens with zero attached hydrogens (tertiary/aromatic N) is 1. The molecule has 0 aromatic heterocycles. The minimum absolute atomic E-state index is 0.303. The fourth-order valence-electron chi connectivity index (χ4n) is 2.78. The molecule has 1 N–H and O–H groups in total. The summed E-state index contributed by atoms with van der Waals surface area (Å²) in [6.07, 6.45) is 1.65. The third-order valence-corrected chi connectivity index (χ3v) is 5.23. The second-order valence-corrected chi connectivity index (χ2v) is 8.16. The number of aryl methyl sites for hydroxylation is 2. The van der Waals surface area contributed by atoms with E-state index < -0.39 is 17.1 Å². The minimum Gasteiger partial charge on any atom is -0.325 e. The Bertz CT molecular complexity index is 951. The summed E-state index contributed by atoms with van der Waals surface area (Å²) in [7, 11) is 0. The molecular weight excluding hydrogens is 428 g/mol. The van der Waals surface area contributed by atoms with Gasteiger partial charge in [-0.1, -0.05) is 34.1 Å². The first-order valence-corrected chi connectivity index (χ1v) is 9.82. The number of hydrogen-bond donors (Lipinski definition) is 1. The lowest BCUT2D eigenvalue weighted by molar-refractivity contribution is -0.127. The Kier molecular flexibility index (Phi) is 5.82. The van der Waals surface area contributed by atoms with Gasteiger partial charge < -0.3 is 5.32 Å². The van der Waals surface area contributed by atoms with Gasteiger partial charge >= 0.3 is 0 Å². The standard InChI is InChI=1S/C20H17BrN2O3S/c1-12-6-13(2)8-16(7-12)22-18(24)11-23-19(25)17(27-20(23)26)10-14-4-3-5-15(21)9-14/h3-10H,11H2,1-2H3,(H,22,24)/b17-10+. The molecule has 3 rings (SSSR count). The van der Waals surface area contributed by atoms with Crippen molar-refractivity contribution in [2.24, 2.45) is 0 Å². The summed E-state index contributed by atoms with van der Waals surface area (Å²) >= 11 is 4.21. The Morgan fingerprint density at radius 1 is 1.15 bits per heavy atom. The maximum atomic E-state index is 12.5. The lowest BCUT2D eigenvalue weighted by Gasteiger charge is -2.13. The van der Waals surface area contributed by atoms with Crippen LogP contribution in [0.25, 0.3) is 6.08 Å². The average Bonchev–Trinajstić information content (AvgIpc) is 2.81. The number of amides is 3. The summed E-state index contributed by atoms with van der Waals surface area (Å²) in [5, 5.41) is 2.30. The van der Waals surface area contributed by atoms with E-state index in [1.165, 1.54) is 0 Å². The Labute approximate surface area is 169 Å². The minimum atomic E-state index is -0.458. The predicted octanol–water partition coefficient (Wildman–Crippen LogP) is 4.74. The second-order valence-electron chi connectivity index (χ2n) is 6.25. The molecule has 5 nitrogen and oxygen atoms in total. The molecule has 0 unspecified atom stereocenters. The molecule has 138 valence electrons. The molecule has 1 saturated heterocycles. The average molecular weight is 445 g/mol. The number of carbonyl (C=O) groups is 3. The molecule has 0 bridgehead atoms. The Morgan fingerprint density at radius 2 is 1.85 bits per heavy atom. The smallest absolute Gasteiger partial charge is 0.294 e. The van der Waals surface area contributed by atoms with Crippen LogP contribution in [0, 0.1) is 13.8 Å². The van der Waals surface area contributed by atoms with Gasteiger partial charge in [-0.15, -0.1) is 0 Å². The van der Waals surface area contributed by atoms with Crippen molar-refractivity contribution in [2.45, 2.75) is 13.8 Å². The van der Waals surface area contributed by atoms with Gasteiger partial charge in [0.15, 0.2) is 0 Å². The van der Waals surface area contributed by atoms with Gasteiger partial charge in [0.2, 0.25) is 5.91 Å². The van der Waals surface area contributed by atoms with Crippen molar-refractivity contribution in [2.75, 3.05) is 11.9 Å². The van der Waals surface area contributed by atoms with Crippen molar-refractivity contribution in [3.63, 3.8) is 0 Å². The van der Waals surface area contributed by atoms with Crippen molar-refractivity contribution in [1.82, 2.24) is 4.90 Å². The first-order valence-electron chi connectivity index (χ1n) is 8.21. The first kappa shape index (κ1) is 19.4. The third kappa shape index (κ3) is 4.87. The molecule has 0 saturated carbocycles. The van der Waals surface area contributed by atoms with Gasteiger partial charge in [-0.2, -0.15) is 0 Å². The van der Waals surface area contributed by atoms with E-state index in [0.29, 0.717) is 10.6 Å². The van der Waals surface area contributed by atoms with Crippen LogP contribution in [-0.2, 0) is 9.59 Å². The Morgan fingerprint density at radius 3 is 2.52 bits per heavy atom. The molecule has 0 atom stereocenters. The molecule has 1 aliphatic heterocycles. The molecule has 0 aliphatic carbocycles. The number of imide groups is 1. The molecule has 1 fully saturated rings. The molecule has 27 heavy (non-hydrogen) atoms. The molecule has 2 aromatic carbocycles. The number of rotatable bonds is 4. The summed E-state index contributed by atoms with van der Waals surface area (Å²) < 4.78 is 0.878. The fourth-order valence-corrected chi connectivity index (χ4v) is 4.03. The molecule has 0 radical (unpaired) electrons. The summed E-state index contributed by atoms with van der Waals surface area (Å²) in [4.78, 5) is 38.3. The van der Waals surface area contributed by atoms with Crippen LogP contribution in [-0.4, -0.2) is 28.5 Å². The zero-order valence-corrected chi connectivity index (χ0v) is 17.2. The Balaban J connectivity index is 1.71. The van der Waals surface area contributed by atoms with Gasteiger partial charge in [0, 0.05) is 10.2 Å². The second kappa shape index (κ2) is 8.10. The van der Waals surface area contributed by atoms with Gasteiger partial charge in [-0.25, -0.2) is 0 Å². The van der Waals surface area contributed by atoms with E-state index in [1.54, 1.807) is 6.08 Å². The summed E-state index contributed by atoms with van der Waals surface area (Å²) in [6.45, 7) is 3.56. The zero-order chi connectivity index (χ0) is 19.6. The molecule has 3 amide bonds. The fraction of sp³-hybridized carbons (Fsp3) is 0.150. The normalized spacial score (nSPS) is 15.5. The molecular formula is C20H17BrN2O3S. The van der Waals surface area contributed by atoms with Crippen LogP contribution in [0.2, 0.25) is 0 Å². The van der Waals surface area contributed by atoms with Crippen molar-refractivity contribution >= 4 is 56.5 Å². The first-order chi connectivity index (χ1) is 12.8. The topological polar surface area (TPSA) is 66.5 Å². The van der Waals surface area contributed by atoms with Crippen LogP contribution in [0.1, 0.15) is 16.7 Å². The number of thioether (sulfide) groups is 1. The maximum absolute atomic E-state index is 12.5. The molecule has 0 spiro atoms. The highest BCUT2D eigenvalue weighted by atomic mass is 79.9. The largest absolute Gasteiger partial charge is 0.325 e. The number of carbonyl (C=O) groups excluding carboxylic acids is 3. The van der Waals surface area contributed by atoms with E-state index in [9.17, 15) is 14.4 Å². The van der Waals surface area contributed by atoms with Gasteiger partial charge in [-0.3, -0.25) is 19.3 Å². The maximum Gasteiger partial charge on any atom is 0.294 e. The molecule has 7 heteroatoms. The van der Waals surface area contributed by atoms with E-state index in [2.05, 4.69) is 21.2 Å². The highest BCUT2D eigenvalue weighted by molar-refractivity contribution is 9.10. The predicted molar refractivity (Wildman–Crippen MR) is 111 cm³/mol. The number of halogens is 1. The van der Waals surface area contributed by atoms with E-state index in [-0.39, 0.29) is 6.54 Å². The SMILES string of the molecule is Cc1cc(C)cc(NC(=O)CN2C(=O)S/C(=C/c3cccc(Br)c3)C2=O)c1. The van der Waals surface area contributed by atoms with Crippen LogP contribution in [0.3, 0.4) is 0 Å². The van der Waals surface area contributed by atoms with Crippen molar-refractivity contribution in [3.8, 4) is 0 Å². The van der Waals surface area contributed by atoms with E-state index in [0.717, 1.165) is 37.8 Å². The number of benzene rings is 2. The number of nitrogens with one attached hydrogen (secondary N) is 1. The van der Waals surface area contributed by atoms with Crippen LogP contribution in [0.5, 0.6) is 0 Å². The summed E-state index contributed by atoms with van der Waals surface area (Å²) in [6, 6.07) is 13.1. The Hall–Kier alpha value is -2.38. The monoisotopic (exact) mass is 444 g/mol. The third-order valence-electron chi connectivity index (χ3n) is 3.83. The summed E-state index contributed by atoms with van der Waals surface area (Å²) in [5.41, 5.74) is 3.49. The number of hydrogen-bond acceptors (Lipinski definition) is 4. The van der Waals surface area contributed by atoms with Gasteiger partial charge in [0.25, 0.3) is 11.1 Å². The van der Waals surface area contributed by atoms with Crippen LogP contribution >= 0.6 is 27.7 Å². The van der Waals surface area contributed by atoms with E-state index >= 15 is 0 Å². The number of anilines is 1. The van der Waals surface area contributed by atoms with Gasteiger partial charge in [0.05, 0.1) is 4.91 Å². The highest BCUT2D eigenvalue weighted by Crippen LogP contribution is 2.32. The molecule has 1 aliphatic rings. The van der Waals surface area contributed by atoms with Crippen molar-refractivity contribution in [1.29, 1.82) is 0 Å². The molecule has 2 aromatic rings. The zero-order valence-electron chi connectivity index (χ0n) is 14.8. The lowest BCUT2D eigenvalue weighted by Crippen LogP contribution is -2.36. The van der Waals surface area contributed by atoms with Crippen LogP contribution in [0.15, 0.2) is 51.8 Å². The van der Waals surface area contributed by atoms with Crippen LogP contribution < -0.4 is 5.32 Å². The van der Waals surface area contributed by atoms with E-state index in [1.807, 2.05) is 56.3 Å². The van der Waals surface area contributed by atoms with Crippen molar-refractivity contribution in [3.05, 3.63) is 68.5 Å². The van der Waals surface area contributed by atoms with Crippen LogP contribution in [0.4, 0.5) is 10.5 Å². The highest BCUT2D eigenvalue weighted by Gasteiger charge is 2.36. The lowest BCUT2D eigenvalue weighted by atomic mass is 10.1. The van der Waals surface area contributed by atoms with Gasteiger partial charge in [0.1, 0.15) is 6.54 Å².